The quantitative estimate of drug-likeness (QED) is 0.495. The Morgan fingerprint density at radius 2 is 1.79 bits per heavy atom. The van der Waals surface area contributed by atoms with Crippen molar-refractivity contribution in [3.05, 3.63) is 82.9 Å². The van der Waals surface area contributed by atoms with Gasteiger partial charge in [-0.25, -0.2) is 9.59 Å². The van der Waals surface area contributed by atoms with Crippen molar-refractivity contribution in [1.29, 1.82) is 0 Å². The first-order valence-electron chi connectivity index (χ1n) is 9.96. The number of carbonyl (C=O) groups is 2. The van der Waals surface area contributed by atoms with Gasteiger partial charge in [0.2, 0.25) is 0 Å². The highest BCUT2D eigenvalue weighted by molar-refractivity contribution is 5.89. The summed E-state index contributed by atoms with van der Waals surface area (Å²) in [5.41, 5.74) is 3.78. The fraction of sp³-hybridized carbons (Fsp3) is 0.333. The van der Waals surface area contributed by atoms with E-state index < -0.39 is 0 Å². The van der Waals surface area contributed by atoms with Gasteiger partial charge in [0.25, 0.3) is 0 Å². The molecule has 2 aromatic carbocycles. The SMILES string of the molecule is CCCC1=CCN(C(=O)OCc2ccccc2)[C@H](c2ccc(C(=O)OC)cc2)C1. The van der Waals surface area contributed by atoms with Crippen LogP contribution in [0.2, 0.25) is 0 Å². The maximum atomic E-state index is 12.8. The van der Waals surface area contributed by atoms with E-state index in [1.165, 1.54) is 12.7 Å². The standard InChI is InChI=1S/C24H27NO4/c1-3-7-18-14-15-25(24(27)29-17-19-8-5-4-6-9-19)22(16-18)20-10-12-21(13-11-20)23(26)28-2/h4-6,8-14,22H,3,7,15-17H2,1-2H3/t22-/m0/s1. The molecule has 3 rings (SSSR count). The summed E-state index contributed by atoms with van der Waals surface area (Å²) >= 11 is 0. The van der Waals surface area contributed by atoms with E-state index in [1.807, 2.05) is 42.5 Å². The van der Waals surface area contributed by atoms with Crippen molar-refractivity contribution >= 4 is 12.1 Å². The summed E-state index contributed by atoms with van der Waals surface area (Å²) in [5, 5.41) is 0. The van der Waals surface area contributed by atoms with Crippen molar-refractivity contribution in [2.24, 2.45) is 0 Å². The fourth-order valence-corrected chi connectivity index (χ4v) is 3.58. The highest BCUT2D eigenvalue weighted by Gasteiger charge is 2.29. The van der Waals surface area contributed by atoms with Crippen LogP contribution in [0.1, 0.15) is 53.7 Å². The number of hydrogen-bond acceptors (Lipinski definition) is 4. The molecule has 152 valence electrons. The average molecular weight is 393 g/mol. The van der Waals surface area contributed by atoms with Gasteiger partial charge in [-0.1, -0.05) is 67.5 Å². The maximum absolute atomic E-state index is 12.8. The summed E-state index contributed by atoms with van der Waals surface area (Å²) in [4.78, 5) is 26.3. The molecule has 5 nitrogen and oxygen atoms in total. The number of methoxy groups -OCH3 is 1. The highest BCUT2D eigenvalue weighted by Crippen LogP contribution is 2.34. The summed E-state index contributed by atoms with van der Waals surface area (Å²) in [6, 6.07) is 16.8. The Hall–Kier alpha value is -3.08. The molecule has 0 aliphatic carbocycles. The highest BCUT2D eigenvalue weighted by atomic mass is 16.6. The van der Waals surface area contributed by atoms with Gasteiger partial charge in [-0.2, -0.15) is 0 Å². The first kappa shape index (κ1) is 20.6. The smallest absolute Gasteiger partial charge is 0.410 e. The Morgan fingerprint density at radius 3 is 2.45 bits per heavy atom. The van der Waals surface area contributed by atoms with Crippen LogP contribution in [0.3, 0.4) is 0 Å². The number of nitrogens with zero attached hydrogens (tertiary/aromatic N) is 1. The van der Waals surface area contributed by atoms with E-state index in [0.717, 1.165) is 30.4 Å². The van der Waals surface area contributed by atoms with E-state index in [-0.39, 0.29) is 24.7 Å². The van der Waals surface area contributed by atoms with Crippen molar-refractivity contribution in [1.82, 2.24) is 4.90 Å². The minimum absolute atomic E-state index is 0.114. The predicted octanol–water partition coefficient (Wildman–Crippen LogP) is 5.28. The number of ether oxygens (including phenoxy) is 2. The molecule has 1 heterocycles. The third-order valence-electron chi connectivity index (χ3n) is 5.14. The van der Waals surface area contributed by atoms with Crippen LogP contribution in [-0.2, 0) is 16.1 Å². The molecule has 0 N–H and O–H groups in total. The van der Waals surface area contributed by atoms with Crippen LogP contribution in [0.25, 0.3) is 0 Å². The van der Waals surface area contributed by atoms with E-state index >= 15 is 0 Å². The molecular weight excluding hydrogens is 366 g/mol. The van der Waals surface area contributed by atoms with Crippen LogP contribution in [0, 0.1) is 0 Å². The van der Waals surface area contributed by atoms with E-state index in [4.69, 9.17) is 9.47 Å². The molecule has 1 aliphatic heterocycles. The third kappa shape index (κ3) is 5.25. The molecule has 0 bridgehead atoms. The Morgan fingerprint density at radius 1 is 1.07 bits per heavy atom. The third-order valence-corrected chi connectivity index (χ3v) is 5.14. The van der Waals surface area contributed by atoms with Crippen LogP contribution < -0.4 is 0 Å². The lowest BCUT2D eigenvalue weighted by molar-refractivity contribution is 0.0600. The van der Waals surface area contributed by atoms with Gasteiger partial charge in [-0.15, -0.1) is 0 Å². The molecule has 5 heteroatoms. The lowest BCUT2D eigenvalue weighted by Gasteiger charge is -2.35. The minimum atomic E-state index is -0.370. The second-order valence-corrected chi connectivity index (χ2v) is 7.14. The van der Waals surface area contributed by atoms with Gasteiger partial charge in [0.05, 0.1) is 18.7 Å². The van der Waals surface area contributed by atoms with Gasteiger partial charge in [0.15, 0.2) is 0 Å². The molecule has 0 saturated carbocycles. The summed E-state index contributed by atoms with van der Waals surface area (Å²) in [6.07, 6.45) is 4.66. The molecule has 1 amide bonds. The topological polar surface area (TPSA) is 55.8 Å². The second kappa shape index (κ2) is 9.92. The summed E-state index contributed by atoms with van der Waals surface area (Å²) in [5.74, 6) is -0.370. The van der Waals surface area contributed by atoms with Crippen molar-refractivity contribution in [2.45, 2.75) is 38.8 Å². The minimum Gasteiger partial charge on any atom is -0.465 e. The largest absolute Gasteiger partial charge is 0.465 e. The van der Waals surface area contributed by atoms with E-state index in [1.54, 1.807) is 17.0 Å². The molecule has 0 fully saturated rings. The first-order valence-corrected chi connectivity index (χ1v) is 9.96. The van der Waals surface area contributed by atoms with E-state index in [9.17, 15) is 9.59 Å². The van der Waals surface area contributed by atoms with Crippen LogP contribution in [-0.4, -0.2) is 30.6 Å². The van der Waals surface area contributed by atoms with Gasteiger partial charge in [-0.3, -0.25) is 4.90 Å². The lowest BCUT2D eigenvalue weighted by Crippen LogP contribution is -2.38. The number of rotatable bonds is 6. The summed E-state index contributed by atoms with van der Waals surface area (Å²) in [6.45, 7) is 2.92. The number of hydrogen-bond donors (Lipinski definition) is 0. The number of amides is 1. The lowest BCUT2D eigenvalue weighted by atomic mass is 9.91. The van der Waals surface area contributed by atoms with Gasteiger partial charge >= 0.3 is 12.1 Å². The number of carbonyl (C=O) groups excluding carboxylic acids is 2. The molecular formula is C24H27NO4. The summed E-state index contributed by atoms with van der Waals surface area (Å²) < 4.78 is 10.3. The monoisotopic (exact) mass is 393 g/mol. The predicted molar refractivity (Wildman–Crippen MR) is 111 cm³/mol. The molecule has 0 saturated heterocycles. The molecule has 0 radical (unpaired) electrons. The second-order valence-electron chi connectivity index (χ2n) is 7.14. The average Bonchev–Trinajstić information content (AvgIpc) is 2.78. The molecule has 29 heavy (non-hydrogen) atoms. The first-order chi connectivity index (χ1) is 14.1. The van der Waals surface area contributed by atoms with Crippen LogP contribution >= 0.6 is 0 Å². The van der Waals surface area contributed by atoms with Crippen LogP contribution in [0.15, 0.2) is 66.2 Å². The summed E-state index contributed by atoms with van der Waals surface area (Å²) in [7, 11) is 1.36. The van der Waals surface area contributed by atoms with Gasteiger partial charge in [0, 0.05) is 6.54 Å². The zero-order valence-corrected chi connectivity index (χ0v) is 17.0. The van der Waals surface area contributed by atoms with E-state index in [2.05, 4.69) is 13.0 Å². The van der Waals surface area contributed by atoms with Crippen molar-refractivity contribution in [2.75, 3.05) is 13.7 Å². The fourth-order valence-electron chi connectivity index (χ4n) is 3.58. The van der Waals surface area contributed by atoms with Crippen LogP contribution in [0.4, 0.5) is 4.79 Å². The molecule has 0 unspecified atom stereocenters. The van der Waals surface area contributed by atoms with E-state index in [0.29, 0.717) is 12.1 Å². The molecule has 0 spiro atoms. The maximum Gasteiger partial charge on any atom is 0.410 e. The normalized spacial score (nSPS) is 16.1. The zero-order chi connectivity index (χ0) is 20.6. The molecule has 0 aromatic heterocycles. The van der Waals surface area contributed by atoms with Gasteiger partial charge in [-0.05, 0) is 36.1 Å². The zero-order valence-electron chi connectivity index (χ0n) is 17.0. The van der Waals surface area contributed by atoms with Gasteiger partial charge in [0.1, 0.15) is 6.61 Å². The Balaban J connectivity index is 1.77. The molecule has 2 aromatic rings. The Labute approximate surface area is 171 Å². The number of benzene rings is 2. The van der Waals surface area contributed by atoms with Gasteiger partial charge < -0.3 is 9.47 Å². The number of esters is 1. The Kier molecular flexibility index (Phi) is 7.06. The van der Waals surface area contributed by atoms with Crippen molar-refractivity contribution in [3.8, 4) is 0 Å². The molecule has 1 atom stereocenters. The Bertz CT molecular complexity index is 858. The van der Waals surface area contributed by atoms with Crippen molar-refractivity contribution < 1.29 is 19.1 Å². The van der Waals surface area contributed by atoms with Crippen LogP contribution in [0.5, 0.6) is 0 Å². The van der Waals surface area contributed by atoms with Crippen molar-refractivity contribution in [3.63, 3.8) is 0 Å². The molecule has 1 aliphatic rings.